The monoisotopic (exact) mass is 198 g/mol. The molecule has 82 valence electrons. The van der Waals surface area contributed by atoms with Crippen LogP contribution in [0.2, 0.25) is 0 Å². The molecule has 0 aromatic rings. The van der Waals surface area contributed by atoms with Crippen LogP contribution in [0.1, 0.15) is 26.7 Å². The predicted molar refractivity (Wildman–Crippen MR) is 58.1 cm³/mol. The third-order valence-corrected chi connectivity index (χ3v) is 3.07. The van der Waals surface area contributed by atoms with Crippen molar-refractivity contribution in [2.75, 3.05) is 33.2 Å². The van der Waals surface area contributed by atoms with Crippen LogP contribution in [0.15, 0.2) is 0 Å². The van der Waals surface area contributed by atoms with E-state index in [0.29, 0.717) is 5.91 Å². The average Bonchev–Trinajstić information content (AvgIpc) is 2.49. The van der Waals surface area contributed by atoms with Crippen LogP contribution < -0.4 is 0 Å². The summed E-state index contributed by atoms with van der Waals surface area (Å²) >= 11 is 0. The Bertz CT molecular complexity index is 194. The lowest BCUT2D eigenvalue weighted by Crippen LogP contribution is -2.30. The van der Waals surface area contributed by atoms with Crippen molar-refractivity contribution in [2.24, 2.45) is 5.92 Å². The number of nitrogens with zero attached hydrogens (tertiary/aromatic N) is 2. The van der Waals surface area contributed by atoms with Gasteiger partial charge in [-0.25, -0.2) is 0 Å². The van der Waals surface area contributed by atoms with E-state index in [1.165, 1.54) is 0 Å². The number of carbonyl (C=O) groups excluding carboxylic acids is 1. The SMILES string of the molecule is CCN(C)CCCN1CCC(C)C1=O. The molecule has 1 aliphatic rings. The van der Waals surface area contributed by atoms with E-state index < -0.39 is 0 Å². The zero-order valence-electron chi connectivity index (χ0n) is 9.62. The number of likely N-dealkylation sites (tertiary alicyclic amines) is 1. The van der Waals surface area contributed by atoms with E-state index in [2.05, 4.69) is 18.9 Å². The van der Waals surface area contributed by atoms with Crippen LogP contribution in [0.4, 0.5) is 0 Å². The highest BCUT2D eigenvalue weighted by atomic mass is 16.2. The molecule has 1 heterocycles. The Morgan fingerprint density at radius 1 is 1.57 bits per heavy atom. The van der Waals surface area contributed by atoms with Crippen molar-refractivity contribution in [1.82, 2.24) is 9.80 Å². The highest BCUT2D eigenvalue weighted by Crippen LogP contribution is 2.16. The van der Waals surface area contributed by atoms with Crippen molar-refractivity contribution in [2.45, 2.75) is 26.7 Å². The molecule has 0 aromatic heterocycles. The van der Waals surface area contributed by atoms with E-state index in [1.54, 1.807) is 0 Å². The fourth-order valence-corrected chi connectivity index (χ4v) is 1.81. The van der Waals surface area contributed by atoms with Gasteiger partial charge in [-0.05, 0) is 33.0 Å². The minimum absolute atomic E-state index is 0.263. The normalized spacial score (nSPS) is 22.4. The first-order valence-corrected chi connectivity index (χ1v) is 5.62. The van der Waals surface area contributed by atoms with Gasteiger partial charge in [0, 0.05) is 19.0 Å². The molecule has 1 fully saturated rings. The van der Waals surface area contributed by atoms with Crippen molar-refractivity contribution in [3.05, 3.63) is 0 Å². The van der Waals surface area contributed by atoms with Gasteiger partial charge in [0.2, 0.25) is 5.91 Å². The third kappa shape index (κ3) is 2.98. The molecule has 1 unspecified atom stereocenters. The zero-order chi connectivity index (χ0) is 10.6. The van der Waals surface area contributed by atoms with Gasteiger partial charge in [0.25, 0.3) is 0 Å². The van der Waals surface area contributed by atoms with Crippen LogP contribution in [-0.4, -0.2) is 48.9 Å². The summed E-state index contributed by atoms with van der Waals surface area (Å²) in [6.45, 7) is 8.27. The van der Waals surface area contributed by atoms with E-state index in [9.17, 15) is 4.79 Å². The minimum Gasteiger partial charge on any atom is -0.342 e. The molecule has 1 rings (SSSR count). The molecule has 1 aliphatic heterocycles. The van der Waals surface area contributed by atoms with Gasteiger partial charge in [0.15, 0.2) is 0 Å². The second-order valence-corrected chi connectivity index (χ2v) is 4.26. The van der Waals surface area contributed by atoms with Crippen LogP contribution in [0.5, 0.6) is 0 Å². The molecule has 0 N–H and O–H groups in total. The maximum Gasteiger partial charge on any atom is 0.225 e. The van der Waals surface area contributed by atoms with Crippen molar-refractivity contribution in [3.63, 3.8) is 0 Å². The molecule has 14 heavy (non-hydrogen) atoms. The highest BCUT2D eigenvalue weighted by molar-refractivity contribution is 5.80. The smallest absolute Gasteiger partial charge is 0.225 e. The molecular formula is C11H22N2O. The molecular weight excluding hydrogens is 176 g/mol. The molecule has 0 aliphatic carbocycles. The summed E-state index contributed by atoms with van der Waals surface area (Å²) < 4.78 is 0. The Kier molecular flexibility index (Phi) is 4.39. The van der Waals surface area contributed by atoms with Gasteiger partial charge in [-0.2, -0.15) is 0 Å². The largest absolute Gasteiger partial charge is 0.342 e. The lowest BCUT2D eigenvalue weighted by molar-refractivity contribution is -0.130. The van der Waals surface area contributed by atoms with Gasteiger partial charge in [0.05, 0.1) is 0 Å². The molecule has 0 saturated carbocycles. The van der Waals surface area contributed by atoms with E-state index in [0.717, 1.165) is 39.0 Å². The number of hydrogen-bond donors (Lipinski definition) is 0. The van der Waals surface area contributed by atoms with Gasteiger partial charge >= 0.3 is 0 Å². The topological polar surface area (TPSA) is 23.6 Å². The molecule has 1 saturated heterocycles. The summed E-state index contributed by atoms with van der Waals surface area (Å²) in [7, 11) is 2.12. The van der Waals surface area contributed by atoms with Crippen LogP contribution in [0.25, 0.3) is 0 Å². The summed E-state index contributed by atoms with van der Waals surface area (Å²) in [5.74, 6) is 0.614. The van der Waals surface area contributed by atoms with Crippen LogP contribution in [0, 0.1) is 5.92 Å². The quantitative estimate of drug-likeness (QED) is 0.662. The Balaban J connectivity index is 2.16. The first-order valence-electron chi connectivity index (χ1n) is 5.62. The highest BCUT2D eigenvalue weighted by Gasteiger charge is 2.26. The Morgan fingerprint density at radius 2 is 2.29 bits per heavy atom. The molecule has 0 spiro atoms. The van der Waals surface area contributed by atoms with Crippen molar-refractivity contribution < 1.29 is 4.79 Å². The lowest BCUT2D eigenvalue weighted by atomic mass is 10.1. The molecule has 3 nitrogen and oxygen atoms in total. The second-order valence-electron chi connectivity index (χ2n) is 4.26. The summed E-state index contributed by atoms with van der Waals surface area (Å²) in [5.41, 5.74) is 0. The lowest BCUT2D eigenvalue weighted by Gasteiger charge is -2.18. The maximum absolute atomic E-state index is 11.6. The Hall–Kier alpha value is -0.570. The van der Waals surface area contributed by atoms with Crippen LogP contribution in [-0.2, 0) is 4.79 Å². The zero-order valence-corrected chi connectivity index (χ0v) is 9.62. The number of rotatable bonds is 5. The molecule has 1 atom stereocenters. The number of hydrogen-bond acceptors (Lipinski definition) is 2. The fourth-order valence-electron chi connectivity index (χ4n) is 1.81. The molecule has 0 aromatic carbocycles. The first kappa shape index (κ1) is 11.5. The molecule has 0 bridgehead atoms. The third-order valence-electron chi connectivity index (χ3n) is 3.07. The Labute approximate surface area is 87.1 Å². The van der Waals surface area contributed by atoms with E-state index >= 15 is 0 Å². The van der Waals surface area contributed by atoms with Gasteiger partial charge in [0.1, 0.15) is 0 Å². The first-order chi connectivity index (χ1) is 6.65. The fraction of sp³-hybridized carbons (Fsp3) is 0.909. The summed E-state index contributed by atoms with van der Waals surface area (Å²) in [6, 6.07) is 0. The van der Waals surface area contributed by atoms with E-state index in [1.807, 2.05) is 11.8 Å². The van der Waals surface area contributed by atoms with Gasteiger partial charge < -0.3 is 9.80 Å². The Morgan fingerprint density at radius 3 is 2.79 bits per heavy atom. The molecule has 1 amide bonds. The van der Waals surface area contributed by atoms with Crippen LogP contribution >= 0.6 is 0 Å². The maximum atomic E-state index is 11.6. The number of amides is 1. The minimum atomic E-state index is 0.263. The van der Waals surface area contributed by atoms with Gasteiger partial charge in [-0.1, -0.05) is 13.8 Å². The summed E-state index contributed by atoms with van der Waals surface area (Å²) in [6.07, 6.45) is 2.14. The molecule has 3 heteroatoms. The van der Waals surface area contributed by atoms with E-state index in [-0.39, 0.29) is 5.92 Å². The summed E-state index contributed by atoms with van der Waals surface area (Å²) in [4.78, 5) is 15.9. The van der Waals surface area contributed by atoms with Gasteiger partial charge in [-0.3, -0.25) is 4.79 Å². The summed E-state index contributed by atoms with van der Waals surface area (Å²) in [5, 5.41) is 0. The van der Waals surface area contributed by atoms with Gasteiger partial charge in [-0.15, -0.1) is 0 Å². The van der Waals surface area contributed by atoms with Crippen molar-refractivity contribution in [3.8, 4) is 0 Å². The van der Waals surface area contributed by atoms with Crippen molar-refractivity contribution in [1.29, 1.82) is 0 Å². The molecule has 0 radical (unpaired) electrons. The predicted octanol–water partition coefficient (Wildman–Crippen LogP) is 1.20. The standard InChI is InChI=1S/C11H22N2O/c1-4-12(3)7-5-8-13-9-6-10(2)11(13)14/h10H,4-9H2,1-3H3. The average molecular weight is 198 g/mol. The van der Waals surface area contributed by atoms with Crippen LogP contribution in [0.3, 0.4) is 0 Å². The number of carbonyl (C=O) groups is 1. The second kappa shape index (κ2) is 5.35. The van der Waals surface area contributed by atoms with Crippen molar-refractivity contribution >= 4 is 5.91 Å². The van der Waals surface area contributed by atoms with E-state index in [4.69, 9.17) is 0 Å².